The summed E-state index contributed by atoms with van der Waals surface area (Å²) in [7, 11) is 0. The van der Waals surface area contributed by atoms with Gasteiger partial charge in [-0.15, -0.1) is 0 Å². The second-order valence-corrected chi connectivity index (χ2v) is 12.3. The quantitative estimate of drug-likeness (QED) is 0.243. The summed E-state index contributed by atoms with van der Waals surface area (Å²) in [5, 5.41) is 24.2. The molecule has 0 aromatic heterocycles. The minimum atomic E-state index is -0.176. The summed E-state index contributed by atoms with van der Waals surface area (Å²) >= 11 is 0. The standard InChI is InChI=1S/C35H40N2O2/c1-34(2,3)30-18-10-15-26(32(30)38)21-36-23-28(20-25-14-9-13-24-12-7-8-17-29(24)25)37-22-27-16-11-19-31(33(27)39)35(4,5)6/h7-19,21-22,28,38-39H,20,23H2,1-6H3. The SMILES string of the molecule is CC(C)(C)c1cccc(C=NCC(Cc2cccc3ccccc23)N=Cc2cccc(C(C)(C)C)c2O)c1O. The van der Waals surface area contributed by atoms with E-state index >= 15 is 0 Å². The molecule has 0 fully saturated rings. The van der Waals surface area contributed by atoms with Crippen molar-refractivity contribution in [3.63, 3.8) is 0 Å². The van der Waals surface area contributed by atoms with E-state index in [1.807, 2.05) is 36.4 Å². The van der Waals surface area contributed by atoms with Crippen LogP contribution < -0.4 is 0 Å². The fourth-order valence-electron chi connectivity index (χ4n) is 4.89. The topological polar surface area (TPSA) is 65.2 Å². The Labute approximate surface area is 232 Å². The maximum Gasteiger partial charge on any atom is 0.128 e. The molecule has 4 heteroatoms. The highest BCUT2D eigenvalue weighted by molar-refractivity contribution is 5.87. The second kappa shape index (κ2) is 11.4. The Morgan fingerprint density at radius 3 is 1.82 bits per heavy atom. The number of nitrogens with zero attached hydrogens (tertiary/aromatic N) is 2. The average Bonchev–Trinajstić information content (AvgIpc) is 2.87. The highest BCUT2D eigenvalue weighted by Crippen LogP contribution is 2.33. The van der Waals surface area contributed by atoms with Crippen molar-refractivity contribution in [2.75, 3.05) is 6.54 Å². The van der Waals surface area contributed by atoms with Gasteiger partial charge in [0, 0.05) is 23.6 Å². The van der Waals surface area contributed by atoms with Crippen LogP contribution in [0.5, 0.6) is 11.5 Å². The summed E-state index contributed by atoms with van der Waals surface area (Å²) in [5.74, 6) is 0.539. The molecular weight excluding hydrogens is 480 g/mol. The zero-order chi connectivity index (χ0) is 28.2. The minimum absolute atomic E-state index is 0.155. The van der Waals surface area contributed by atoms with E-state index in [9.17, 15) is 10.2 Å². The first-order valence-electron chi connectivity index (χ1n) is 13.6. The molecule has 0 heterocycles. The third-order valence-corrected chi connectivity index (χ3v) is 7.06. The van der Waals surface area contributed by atoms with Crippen LogP contribution in [0.2, 0.25) is 0 Å². The number of phenols is 2. The van der Waals surface area contributed by atoms with E-state index in [0.717, 1.165) is 11.1 Å². The number of benzene rings is 4. The first-order chi connectivity index (χ1) is 18.4. The first kappa shape index (κ1) is 28.1. The van der Waals surface area contributed by atoms with E-state index in [4.69, 9.17) is 9.98 Å². The van der Waals surface area contributed by atoms with Crippen LogP contribution in [0.3, 0.4) is 0 Å². The molecule has 0 bridgehead atoms. The van der Waals surface area contributed by atoms with Gasteiger partial charge in [-0.1, -0.05) is 108 Å². The maximum atomic E-state index is 11.0. The van der Waals surface area contributed by atoms with E-state index in [0.29, 0.717) is 24.1 Å². The highest BCUT2D eigenvalue weighted by Gasteiger charge is 2.20. The van der Waals surface area contributed by atoms with E-state index in [-0.39, 0.29) is 28.4 Å². The van der Waals surface area contributed by atoms with Gasteiger partial charge in [0.15, 0.2) is 0 Å². The number of hydrogen-bond acceptors (Lipinski definition) is 4. The van der Waals surface area contributed by atoms with Crippen LogP contribution in [0.4, 0.5) is 0 Å². The highest BCUT2D eigenvalue weighted by atomic mass is 16.3. The summed E-state index contributed by atoms with van der Waals surface area (Å²) in [4.78, 5) is 9.66. The van der Waals surface area contributed by atoms with Crippen molar-refractivity contribution in [1.82, 2.24) is 0 Å². The number of aliphatic imine (C=N–C) groups is 2. The molecule has 0 amide bonds. The summed E-state index contributed by atoms with van der Waals surface area (Å²) in [5.41, 5.74) is 4.05. The lowest BCUT2D eigenvalue weighted by Crippen LogP contribution is -2.15. The zero-order valence-electron chi connectivity index (χ0n) is 23.9. The van der Waals surface area contributed by atoms with Gasteiger partial charge >= 0.3 is 0 Å². The molecule has 0 radical (unpaired) electrons. The Bertz CT molecular complexity index is 1500. The molecule has 0 aliphatic heterocycles. The fourth-order valence-corrected chi connectivity index (χ4v) is 4.89. The van der Waals surface area contributed by atoms with Crippen LogP contribution in [0.1, 0.15) is 69.4 Å². The minimum Gasteiger partial charge on any atom is -0.507 e. The van der Waals surface area contributed by atoms with Crippen LogP contribution in [-0.4, -0.2) is 35.2 Å². The van der Waals surface area contributed by atoms with Crippen molar-refractivity contribution in [3.8, 4) is 11.5 Å². The molecule has 0 spiro atoms. The van der Waals surface area contributed by atoms with Crippen LogP contribution in [-0.2, 0) is 17.3 Å². The van der Waals surface area contributed by atoms with Gasteiger partial charge in [0.05, 0.1) is 12.6 Å². The molecule has 0 aliphatic carbocycles. The van der Waals surface area contributed by atoms with E-state index in [1.54, 1.807) is 12.4 Å². The fraction of sp³-hybridized carbons (Fsp3) is 0.314. The third kappa shape index (κ3) is 6.75. The molecule has 4 aromatic carbocycles. The van der Waals surface area contributed by atoms with Gasteiger partial charge in [0.1, 0.15) is 11.5 Å². The normalized spacial score (nSPS) is 13.5. The molecule has 0 saturated heterocycles. The Hall–Kier alpha value is -3.92. The summed E-state index contributed by atoms with van der Waals surface area (Å²) in [6, 6.07) is 26.2. The van der Waals surface area contributed by atoms with Crippen molar-refractivity contribution in [3.05, 3.63) is 107 Å². The number of hydrogen-bond donors (Lipinski definition) is 2. The number of para-hydroxylation sites is 2. The molecule has 39 heavy (non-hydrogen) atoms. The number of phenolic OH excluding ortho intramolecular Hbond substituents is 2. The van der Waals surface area contributed by atoms with Gasteiger partial charge < -0.3 is 10.2 Å². The van der Waals surface area contributed by atoms with Crippen LogP contribution in [0, 0.1) is 0 Å². The van der Waals surface area contributed by atoms with E-state index in [2.05, 4.69) is 84.0 Å². The van der Waals surface area contributed by atoms with Crippen LogP contribution >= 0.6 is 0 Å². The number of aromatic hydroxyl groups is 2. The van der Waals surface area contributed by atoms with Crippen molar-refractivity contribution in [1.29, 1.82) is 0 Å². The predicted octanol–water partition coefficient (Wildman–Crippen LogP) is 8.00. The molecule has 1 atom stereocenters. The molecule has 4 rings (SSSR count). The van der Waals surface area contributed by atoms with Gasteiger partial charge in [0.25, 0.3) is 0 Å². The zero-order valence-corrected chi connectivity index (χ0v) is 23.9. The monoisotopic (exact) mass is 520 g/mol. The summed E-state index contributed by atoms with van der Waals surface area (Å²) in [6.07, 6.45) is 4.21. The van der Waals surface area contributed by atoms with Crippen LogP contribution in [0.25, 0.3) is 10.8 Å². The Balaban J connectivity index is 1.66. The summed E-state index contributed by atoms with van der Waals surface area (Å²) in [6.45, 7) is 13.0. The summed E-state index contributed by atoms with van der Waals surface area (Å²) < 4.78 is 0. The molecular formula is C35H40N2O2. The molecule has 4 nitrogen and oxygen atoms in total. The van der Waals surface area contributed by atoms with Gasteiger partial charge in [-0.05, 0) is 56.8 Å². The van der Waals surface area contributed by atoms with E-state index < -0.39 is 0 Å². The number of rotatable bonds is 7. The van der Waals surface area contributed by atoms with Gasteiger partial charge in [-0.25, -0.2) is 0 Å². The predicted molar refractivity (Wildman–Crippen MR) is 165 cm³/mol. The van der Waals surface area contributed by atoms with Crippen molar-refractivity contribution in [2.24, 2.45) is 9.98 Å². The molecule has 0 aliphatic rings. The average molecular weight is 521 g/mol. The Morgan fingerprint density at radius 2 is 1.21 bits per heavy atom. The van der Waals surface area contributed by atoms with Crippen molar-refractivity contribution >= 4 is 23.2 Å². The number of fused-ring (bicyclic) bond motifs is 1. The molecule has 4 aromatic rings. The van der Waals surface area contributed by atoms with E-state index in [1.165, 1.54) is 16.3 Å². The lowest BCUT2D eigenvalue weighted by atomic mass is 9.85. The lowest BCUT2D eigenvalue weighted by Gasteiger charge is -2.21. The lowest BCUT2D eigenvalue weighted by molar-refractivity contribution is 0.445. The molecule has 0 saturated carbocycles. The van der Waals surface area contributed by atoms with Gasteiger partial charge in [-0.2, -0.15) is 0 Å². The Kier molecular flexibility index (Phi) is 8.25. The van der Waals surface area contributed by atoms with Gasteiger partial charge in [0.2, 0.25) is 0 Å². The molecule has 2 N–H and O–H groups in total. The van der Waals surface area contributed by atoms with Gasteiger partial charge in [-0.3, -0.25) is 9.98 Å². The third-order valence-electron chi connectivity index (χ3n) is 7.06. The Morgan fingerprint density at radius 1 is 0.667 bits per heavy atom. The maximum absolute atomic E-state index is 11.0. The van der Waals surface area contributed by atoms with Crippen molar-refractivity contribution in [2.45, 2.75) is 64.8 Å². The molecule has 1 unspecified atom stereocenters. The van der Waals surface area contributed by atoms with Crippen LogP contribution in [0.15, 0.2) is 88.8 Å². The molecule has 202 valence electrons. The van der Waals surface area contributed by atoms with Crippen molar-refractivity contribution < 1.29 is 10.2 Å². The largest absolute Gasteiger partial charge is 0.507 e. The first-order valence-corrected chi connectivity index (χ1v) is 13.6. The second-order valence-electron chi connectivity index (χ2n) is 12.3. The smallest absolute Gasteiger partial charge is 0.128 e.